The van der Waals surface area contributed by atoms with Crippen LogP contribution in [0.4, 0.5) is 5.69 Å². The number of carbonyl (C=O) groups is 2. The van der Waals surface area contributed by atoms with Crippen LogP contribution in [0.5, 0.6) is 0 Å². The number of nitrogens with one attached hydrogen (secondary N) is 2. The molecule has 0 atom stereocenters. The van der Waals surface area contributed by atoms with Gasteiger partial charge in [0.05, 0.1) is 11.2 Å². The summed E-state index contributed by atoms with van der Waals surface area (Å²) < 4.78 is 0. The molecular formula is C15H15N3O2. The van der Waals surface area contributed by atoms with Gasteiger partial charge in [0.2, 0.25) is 0 Å². The first-order chi connectivity index (χ1) is 9.61. The van der Waals surface area contributed by atoms with Crippen molar-refractivity contribution in [3.05, 3.63) is 48.7 Å². The Morgan fingerprint density at radius 1 is 1.30 bits per heavy atom. The van der Waals surface area contributed by atoms with Crippen LogP contribution in [0.2, 0.25) is 0 Å². The Balaban J connectivity index is 2.27. The van der Waals surface area contributed by atoms with Gasteiger partial charge < -0.3 is 10.6 Å². The summed E-state index contributed by atoms with van der Waals surface area (Å²) in [6.07, 6.45) is 1.51. The molecular weight excluding hydrogens is 254 g/mol. The molecule has 0 saturated heterocycles. The lowest BCUT2D eigenvalue weighted by Crippen LogP contribution is -2.35. The van der Waals surface area contributed by atoms with E-state index in [4.69, 9.17) is 0 Å². The third-order valence-corrected chi connectivity index (χ3v) is 2.71. The number of hydrogen-bond acceptors (Lipinski definition) is 3. The zero-order valence-electron chi connectivity index (χ0n) is 11.1. The van der Waals surface area contributed by atoms with Gasteiger partial charge in [-0.25, -0.2) is 0 Å². The molecule has 0 saturated carbocycles. The summed E-state index contributed by atoms with van der Waals surface area (Å²) in [5.74, 6) is -1.40. The van der Waals surface area contributed by atoms with Gasteiger partial charge in [-0.15, -0.1) is 6.58 Å². The second-order valence-corrected chi connectivity index (χ2v) is 4.28. The first-order valence-corrected chi connectivity index (χ1v) is 6.18. The molecule has 0 unspecified atom stereocenters. The molecule has 2 amide bonds. The van der Waals surface area contributed by atoms with Crippen LogP contribution in [0.1, 0.15) is 5.69 Å². The van der Waals surface area contributed by atoms with Gasteiger partial charge >= 0.3 is 11.8 Å². The number of para-hydroxylation sites is 1. The van der Waals surface area contributed by atoms with Crippen molar-refractivity contribution in [1.29, 1.82) is 0 Å². The van der Waals surface area contributed by atoms with Crippen LogP contribution in [0.25, 0.3) is 10.9 Å². The quantitative estimate of drug-likeness (QED) is 0.659. The van der Waals surface area contributed by atoms with Crippen molar-refractivity contribution in [1.82, 2.24) is 10.3 Å². The molecule has 0 aliphatic heterocycles. The van der Waals surface area contributed by atoms with Crippen LogP contribution < -0.4 is 10.6 Å². The van der Waals surface area contributed by atoms with E-state index in [0.717, 1.165) is 16.6 Å². The van der Waals surface area contributed by atoms with Gasteiger partial charge in [-0.05, 0) is 19.1 Å². The first-order valence-electron chi connectivity index (χ1n) is 6.18. The van der Waals surface area contributed by atoms with E-state index in [1.165, 1.54) is 6.08 Å². The van der Waals surface area contributed by atoms with E-state index >= 15 is 0 Å². The Morgan fingerprint density at radius 3 is 2.80 bits per heavy atom. The van der Waals surface area contributed by atoms with E-state index < -0.39 is 11.8 Å². The number of pyridine rings is 1. The summed E-state index contributed by atoms with van der Waals surface area (Å²) in [5.41, 5.74) is 2.12. The number of hydrogen-bond donors (Lipinski definition) is 2. The minimum Gasteiger partial charge on any atom is -0.344 e. The summed E-state index contributed by atoms with van der Waals surface area (Å²) >= 11 is 0. The van der Waals surface area contributed by atoms with Crippen molar-refractivity contribution in [2.75, 3.05) is 11.9 Å². The maximum absolute atomic E-state index is 11.8. The normalized spacial score (nSPS) is 10.1. The average Bonchev–Trinajstić information content (AvgIpc) is 2.44. The summed E-state index contributed by atoms with van der Waals surface area (Å²) in [7, 11) is 0. The monoisotopic (exact) mass is 269 g/mol. The fraction of sp³-hybridized carbons (Fsp3) is 0.133. The molecule has 2 rings (SSSR count). The molecule has 0 bridgehead atoms. The number of aromatic nitrogens is 1. The Bertz CT molecular complexity index is 680. The number of rotatable bonds is 3. The van der Waals surface area contributed by atoms with Crippen molar-refractivity contribution < 1.29 is 9.59 Å². The number of benzene rings is 1. The molecule has 2 aromatic rings. The molecule has 1 heterocycles. The van der Waals surface area contributed by atoms with Gasteiger partial charge in [-0.2, -0.15) is 0 Å². The number of aryl methyl sites for hydroxylation is 1. The van der Waals surface area contributed by atoms with Gasteiger partial charge in [0.1, 0.15) is 0 Å². The zero-order chi connectivity index (χ0) is 14.5. The van der Waals surface area contributed by atoms with Gasteiger partial charge in [0.15, 0.2) is 0 Å². The van der Waals surface area contributed by atoms with Crippen LogP contribution in [-0.4, -0.2) is 23.3 Å². The SMILES string of the molecule is C=CCNC(=O)C(=O)Nc1cc(C)nc2ccccc12. The van der Waals surface area contributed by atoms with Gasteiger partial charge in [-0.3, -0.25) is 14.6 Å². The molecule has 0 aliphatic rings. The lowest BCUT2D eigenvalue weighted by Gasteiger charge is -2.09. The molecule has 5 heteroatoms. The van der Waals surface area contributed by atoms with Crippen molar-refractivity contribution >= 4 is 28.4 Å². The summed E-state index contributed by atoms with van der Waals surface area (Å²) in [5, 5.41) is 5.83. The Labute approximate surface area is 116 Å². The highest BCUT2D eigenvalue weighted by Crippen LogP contribution is 2.22. The molecule has 0 spiro atoms. The number of nitrogens with zero attached hydrogens (tertiary/aromatic N) is 1. The maximum atomic E-state index is 11.8. The lowest BCUT2D eigenvalue weighted by molar-refractivity contribution is -0.136. The molecule has 102 valence electrons. The smallest absolute Gasteiger partial charge is 0.313 e. The molecule has 1 aromatic carbocycles. The van der Waals surface area contributed by atoms with Crippen LogP contribution in [0, 0.1) is 6.92 Å². The highest BCUT2D eigenvalue weighted by molar-refractivity contribution is 6.40. The predicted octanol–water partition coefficient (Wildman–Crippen LogP) is 1.78. The van der Waals surface area contributed by atoms with E-state index in [9.17, 15) is 9.59 Å². The number of carbonyl (C=O) groups excluding carboxylic acids is 2. The fourth-order valence-electron chi connectivity index (χ4n) is 1.84. The molecule has 20 heavy (non-hydrogen) atoms. The van der Waals surface area contributed by atoms with Crippen LogP contribution in [0.15, 0.2) is 43.0 Å². The Morgan fingerprint density at radius 2 is 2.05 bits per heavy atom. The predicted molar refractivity (Wildman–Crippen MR) is 78.3 cm³/mol. The van der Waals surface area contributed by atoms with Crippen molar-refractivity contribution in [3.63, 3.8) is 0 Å². The average molecular weight is 269 g/mol. The van der Waals surface area contributed by atoms with Crippen LogP contribution in [0.3, 0.4) is 0 Å². The maximum Gasteiger partial charge on any atom is 0.313 e. The van der Waals surface area contributed by atoms with E-state index in [1.54, 1.807) is 6.07 Å². The molecule has 0 aliphatic carbocycles. The fourth-order valence-corrected chi connectivity index (χ4v) is 1.84. The van der Waals surface area contributed by atoms with Crippen LogP contribution >= 0.6 is 0 Å². The number of fused-ring (bicyclic) bond motifs is 1. The summed E-state index contributed by atoms with van der Waals surface area (Å²) in [4.78, 5) is 27.7. The molecule has 5 nitrogen and oxygen atoms in total. The van der Waals surface area contributed by atoms with Crippen molar-refractivity contribution in [2.45, 2.75) is 6.92 Å². The summed E-state index contributed by atoms with van der Waals surface area (Å²) in [6.45, 7) is 5.56. The van der Waals surface area contributed by atoms with Crippen LogP contribution in [-0.2, 0) is 9.59 Å². The topological polar surface area (TPSA) is 71.1 Å². The molecule has 0 fully saturated rings. The van der Waals surface area contributed by atoms with Gasteiger partial charge in [0, 0.05) is 17.6 Å². The third-order valence-electron chi connectivity index (χ3n) is 2.71. The first kappa shape index (κ1) is 13.7. The molecule has 1 aromatic heterocycles. The van der Waals surface area contributed by atoms with Gasteiger partial charge in [-0.1, -0.05) is 24.3 Å². The standard InChI is InChI=1S/C15H15N3O2/c1-3-8-16-14(19)15(20)18-13-9-10(2)17-12-7-5-4-6-11(12)13/h3-7,9H,1,8H2,2H3,(H,16,19)(H,17,18,20). The summed E-state index contributed by atoms with van der Waals surface area (Å²) in [6, 6.07) is 9.17. The van der Waals surface area contributed by atoms with Gasteiger partial charge in [0.25, 0.3) is 0 Å². The second kappa shape index (κ2) is 5.97. The minimum absolute atomic E-state index is 0.252. The van der Waals surface area contributed by atoms with E-state index in [-0.39, 0.29) is 6.54 Å². The highest BCUT2D eigenvalue weighted by atomic mass is 16.2. The second-order valence-electron chi connectivity index (χ2n) is 4.28. The molecule has 0 radical (unpaired) electrons. The largest absolute Gasteiger partial charge is 0.344 e. The van der Waals surface area contributed by atoms with Crippen molar-refractivity contribution in [3.8, 4) is 0 Å². The molecule has 2 N–H and O–H groups in total. The third kappa shape index (κ3) is 3.00. The minimum atomic E-state index is -0.706. The van der Waals surface area contributed by atoms with E-state index in [1.807, 2.05) is 31.2 Å². The zero-order valence-corrected chi connectivity index (χ0v) is 11.1. The number of anilines is 1. The Kier molecular flexibility index (Phi) is 4.10. The van der Waals surface area contributed by atoms with Crippen molar-refractivity contribution in [2.24, 2.45) is 0 Å². The Hall–Kier alpha value is -2.69. The number of amides is 2. The van der Waals surface area contributed by atoms with E-state index in [0.29, 0.717) is 5.69 Å². The highest BCUT2D eigenvalue weighted by Gasteiger charge is 2.14. The lowest BCUT2D eigenvalue weighted by atomic mass is 10.1. The van der Waals surface area contributed by atoms with E-state index in [2.05, 4.69) is 22.2 Å².